The van der Waals surface area contributed by atoms with Crippen LogP contribution in [0.1, 0.15) is 28.6 Å². The highest BCUT2D eigenvalue weighted by atomic mass is 35.5. The van der Waals surface area contributed by atoms with E-state index in [1.54, 1.807) is 19.1 Å². The van der Waals surface area contributed by atoms with E-state index in [4.69, 9.17) is 16.0 Å². The Balaban J connectivity index is 2.11. The molecule has 0 aliphatic rings. The number of aryl methyl sites for hydroxylation is 1. The molecule has 2 rings (SSSR count). The summed E-state index contributed by atoms with van der Waals surface area (Å²) in [4.78, 5) is 12.1. The predicted molar refractivity (Wildman–Crippen MR) is 76.8 cm³/mol. The number of furan rings is 1. The molecule has 0 fully saturated rings. The Morgan fingerprint density at radius 2 is 2.24 bits per heavy atom. The van der Waals surface area contributed by atoms with Crippen molar-refractivity contribution in [3.8, 4) is 0 Å². The summed E-state index contributed by atoms with van der Waals surface area (Å²) in [5.41, 5.74) is -0.867. The van der Waals surface area contributed by atoms with Gasteiger partial charge in [0, 0.05) is 0 Å². The first-order chi connectivity index (χ1) is 9.81. The second kappa shape index (κ2) is 5.87. The third-order valence-electron chi connectivity index (χ3n) is 3.14. The molecule has 2 N–H and O–H groups in total. The zero-order valence-corrected chi connectivity index (χ0v) is 12.4. The Bertz CT molecular complexity index is 653. The Morgan fingerprint density at radius 1 is 1.52 bits per heavy atom. The van der Waals surface area contributed by atoms with E-state index in [1.165, 1.54) is 19.3 Å². The Morgan fingerprint density at radius 3 is 2.86 bits per heavy atom. The van der Waals surface area contributed by atoms with Crippen LogP contribution in [0.3, 0.4) is 0 Å². The third-order valence-corrected chi connectivity index (χ3v) is 3.45. The largest absolute Gasteiger partial charge is 0.466 e. The molecule has 112 valence electrons. The quantitative estimate of drug-likeness (QED) is 0.912. The first-order valence-electron chi connectivity index (χ1n) is 6.31. The maximum atomic E-state index is 13.3. The number of hydrogen-bond donors (Lipinski definition) is 2. The van der Waals surface area contributed by atoms with Crippen LogP contribution >= 0.6 is 11.6 Å². The van der Waals surface area contributed by atoms with Crippen LogP contribution in [0, 0.1) is 12.7 Å². The van der Waals surface area contributed by atoms with Crippen LogP contribution in [0.2, 0.25) is 5.02 Å². The Labute approximate surface area is 126 Å². The van der Waals surface area contributed by atoms with Crippen molar-refractivity contribution in [2.45, 2.75) is 19.4 Å². The van der Waals surface area contributed by atoms with Crippen molar-refractivity contribution in [2.75, 3.05) is 6.54 Å². The molecule has 1 aromatic heterocycles. The standard InChI is InChI=1S/C15H15ClFNO3/c1-9-6-10(11(16)7-12(9)17)14(19)18-8-15(2,20)13-4-3-5-21-13/h3-7,20H,8H2,1-2H3,(H,18,19). The summed E-state index contributed by atoms with van der Waals surface area (Å²) >= 11 is 5.86. The van der Waals surface area contributed by atoms with Crippen LogP contribution in [0.15, 0.2) is 34.9 Å². The van der Waals surface area contributed by atoms with Gasteiger partial charge in [0.2, 0.25) is 0 Å². The summed E-state index contributed by atoms with van der Waals surface area (Å²) in [5, 5.41) is 12.8. The van der Waals surface area contributed by atoms with Gasteiger partial charge in [-0.15, -0.1) is 0 Å². The number of hydrogen-bond acceptors (Lipinski definition) is 3. The second-order valence-corrected chi connectivity index (χ2v) is 5.42. The summed E-state index contributed by atoms with van der Waals surface area (Å²) < 4.78 is 18.4. The second-order valence-electron chi connectivity index (χ2n) is 5.02. The number of carbonyl (C=O) groups is 1. The molecule has 1 aromatic carbocycles. The molecule has 0 bridgehead atoms. The maximum absolute atomic E-state index is 13.3. The lowest BCUT2D eigenvalue weighted by Gasteiger charge is -2.21. The monoisotopic (exact) mass is 311 g/mol. The fourth-order valence-electron chi connectivity index (χ4n) is 1.85. The van der Waals surface area contributed by atoms with Crippen molar-refractivity contribution in [1.29, 1.82) is 0 Å². The van der Waals surface area contributed by atoms with Gasteiger partial charge >= 0.3 is 0 Å². The zero-order valence-electron chi connectivity index (χ0n) is 11.6. The van der Waals surface area contributed by atoms with Crippen LogP contribution in [-0.2, 0) is 5.60 Å². The van der Waals surface area contributed by atoms with Crippen LogP contribution in [0.5, 0.6) is 0 Å². The summed E-state index contributed by atoms with van der Waals surface area (Å²) in [6, 6.07) is 5.72. The van der Waals surface area contributed by atoms with E-state index in [9.17, 15) is 14.3 Å². The number of benzene rings is 1. The molecule has 0 radical (unpaired) electrons. The number of halogens is 2. The number of nitrogens with one attached hydrogen (secondary N) is 1. The van der Waals surface area contributed by atoms with Crippen molar-refractivity contribution in [1.82, 2.24) is 5.32 Å². The molecule has 21 heavy (non-hydrogen) atoms. The van der Waals surface area contributed by atoms with E-state index >= 15 is 0 Å². The van der Waals surface area contributed by atoms with Crippen molar-refractivity contribution < 1.29 is 18.7 Å². The first kappa shape index (κ1) is 15.5. The molecule has 1 unspecified atom stereocenters. The highest BCUT2D eigenvalue weighted by Gasteiger charge is 2.27. The van der Waals surface area contributed by atoms with E-state index in [0.29, 0.717) is 11.3 Å². The molecule has 2 aromatic rings. The van der Waals surface area contributed by atoms with E-state index in [1.807, 2.05) is 0 Å². The summed E-state index contributed by atoms with van der Waals surface area (Å²) in [6.45, 7) is 3.00. The number of aliphatic hydroxyl groups is 1. The van der Waals surface area contributed by atoms with Gasteiger partial charge in [-0.25, -0.2) is 4.39 Å². The zero-order chi connectivity index (χ0) is 15.6. The van der Waals surface area contributed by atoms with Crippen molar-refractivity contribution in [3.05, 3.63) is 58.3 Å². The molecule has 1 heterocycles. The molecule has 1 atom stereocenters. The van der Waals surface area contributed by atoms with Gasteiger partial charge in [-0.1, -0.05) is 11.6 Å². The average molecular weight is 312 g/mol. The van der Waals surface area contributed by atoms with Crippen LogP contribution in [0.4, 0.5) is 4.39 Å². The van der Waals surface area contributed by atoms with Gasteiger partial charge in [-0.3, -0.25) is 4.79 Å². The van der Waals surface area contributed by atoms with Crippen LogP contribution in [0.25, 0.3) is 0 Å². The van der Waals surface area contributed by atoms with Gasteiger partial charge in [-0.2, -0.15) is 0 Å². The van der Waals surface area contributed by atoms with E-state index in [2.05, 4.69) is 5.32 Å². The summed E-state index contributed by atoms with van der Waals surface area (Å²) in [6.07, 6.45) is 1.44. The Kier molecular flexibility index (Phi) is 4.34. The number of amides is 1. The van der Waals surface area contributed by atoms with Crippen LogP contribution in [-0.4, -0.2) is 17.6 Å². The van der Waals surface area contributed by atoms with Gasteiger partial charge in [-0.05, 0) is 43.7 Å². The van der Waals surface area contributed by atoms with E-state index in [-0.39, 0.29) is 17.1 Å². The first-order valence-corrected chi connectivity index (χ1v) is 6.69. The fourth-order valence-corrected chi connectivity index (χ4v) is 2.09. The summed E-state index contributed by atoms with van der Waals surface area (Å²) in [5.74, 6) is -0.627. The van der Waals surface area contributed by atoms with E-state index < -0.39 is 17.3 Å². The lowest BCUT2D eigenvalue weighted by molar-refractivity contribution is 0.0330. The molecular weight excluding hydrogens is 297 g/mol. The van der Waals surface area contributed by atoms with Gasteiger partial charge in [0.15, 0.2) is 0 Å². The minimum absolute atomic E-state index is 0.0215. The SMILES string of the molecule is Cc1cc(C(=O)NCC(C)(O)c2ccco2)c(Cl)cc1F. The topological polar surface area (TPSA) is 62.5 Å². The van der Waals surface area contributed by atoms with Gasteiger partial charge in [0.1, 0.15) is 17.2 Å². The van der Waals surface area contributed by atoms with Crippen LogP contribution < -0.4 is 5.32 Å². The number of carbonyl (C=O) groups excluding carboxylic acids is 1. The molecule has 0 aliphatic heterocycles. The Hall–Kier alpha value is -1.85. The lowest BCUT2D eigenvalue weighted by atomic mass is 10.0. The molecule has 1 amide bonds. The third kappa shape index (κ3) is 3.43. The molecular formula is C15H15ClFNO3. The molecule has 6 heteroatoms. The fraction of sp³-hybridized carbons (Fsp3) is 0.267. The minimum Gasteiger partial charge on any atom is -0.466 e. The van der Waals surface area contributed by atoms with Gasteiger partial charge < -0.3 is 14.8 Å². The molecule has 0 saturated heterocycles. The highest BCUT2D eigenvalue weighted by Crippen LogP contribution is 2.22. The smallest absolute Gasteiger partial charge is 0.252 e. The van der Waals surface area contributed by atoms with E-state index in [0.717, 1.165) is 6.07 Å². The molecule has 0 spiro atoms. The lowest BCUT2D eigenvalue weighted by Crippen LogP contribution is -2.38. The average Bonchev–Trinajstić information content (AvgIpc) is 2.95. The molecule has 0 saturated carbocycles. The molecule has 4 nitrogen and oxygen atoms in total. The van der Waals surface area contributed by atoms with Gasteiger partial charge in [0.05, 0.1) is 23.4 Å². The van der Waals surface area contributed by atoms with Crippen molar-refractivity contribution in [3.63, 3.8) is 0 Å². The highest BCUT2D eigenvalue weighted by molar-refractivity contribution is 6.33. The predicted octanol–water partition coefficient (Wildman–Crippen LogP) is 3.02. The minimum atomic E-state index is -1.35. The van der Waals surface area contributed by atoms with Crippen molar-refractivity contribution >= 4 is 17.5 Å². The normalized spacial score (nSPS) is 13.8. The summed E-state index contributed by atoms with van der Waals surface area (Å²) in [7, 11) is 0. The maximum Gasteiger partial charge on any atom is 0.252 e. The molecule has 0 aliphatic carbocycles. The number of rotatable bonds is 4. The van der Waals surface area contributed by atoms with Crippen molar-refractivity contribution in [2.24, 2.45) is 0 Å². The van der Waals surface area contributed by atoms with Gasteiger partial charge in [0.25, 0.3) is 5.91 Å².